The van der Waals surface area contributed by atoms with Gasteiger partial charge in [-0.3, -0.25) is 0 Å². The number of fused-ring (bicyclic) bond motifs is 1. The number of hydrogen-bond donors (Lipinski definition) is 1. The second-order valence-electron chi connectivity index (χ2n) is 4.49. The Morgan fingerprint density at radius 1 is 1.41 bits per heavy atom. The van der Waals surface area contributed by atoms with E-state index in [2.05, 4.69) is 4.90 Å². The molecule has 1 aliphatic heterocycles. The summed E-state index contributed by atoms with van der Waals surface area (Å²) in [7, 11) is 1.98. The Morgan fingerprint density at radius 2 is 2.12 bits per heavy atom. The summed E-state index contributed by atoms with van der Waals surface area (Å²) in [6.07, 6.45) is -3.59. The molecule has 2 rings (SSSR count). The molecule has 94 valence electrons. The van der Waals surface area contributed by atoms with E-state index in [0.29, 0.717) is 5.56 Å². The highest BCUT2D eigenvalue weighted by atomic mass is 19.4. The predicted octanol–water partition coefficient (Wildman–Crippen LogP) is 2.11. The first kappa shape index (κ1) is 12.2. The van der Waals surface area contributed by atoms with Crippen molar-refractivity contribution in [3.8, 4) is 0 Å². The summed E-state index contributed by atoms with van der Waals surface area (Å²) in [6, 6.07) is 3.66. The number of likely N-dealkylation sites (N-methyl/N-ethyl adjacent to an activating group) is 1. The van der Waals surface area contributed by atoms with Crippen molar-refractivity contribution in [1.29, 1.82) is 0 Å². The molecule has 1 aliphatic rings. The first-order chi connectivity index (χ1) is 7.88. The highest BCUT2D eigenvalue weighted by Crippen LogP contribution is 2.29. The summed E-state index contributed by atoms with van der Waals surface area (Å²) in [4.78, 5) is 2.10. The molecular formula is C12H15F3N2. The van der Waals surface area contributed by atoms with E-state index in [9.17, 15) is 13.2 Å². The van der Waals surface area contributed by atoms with Crippen molar-refractivity contribution in [1.82, 2.24) is 0 Å². The van der Waals surface area contributed by atoms with E-state index < -0.39 is 12.2 Å². The second kappa shape index (κ2) is 4.22. The Morgan fingerprint density at radius 3 is 2.76 bits per heavy atom. The summed E-state index contributed by atoms with van der Waals surface area (Å²) < 4.78 is 37.0. The zero-order valence-electron chi connectivity index (χ0n) is 9.59. The molecule has 5 heteroatoms. The van der Waals surface area contributed by atoms with Crippen molar-refractivity contribution in [3.63, 3.8) is 0 Å². The van der Waals surface area contributed by atoms with Crippen molar-refractivity contribution in [2.24, 2.45) is 5.73 Å². The van der Waals surface area contributed by atoms with Gasteiger partial charge >= 0.3 is 6.18 Å². The van der Waals surface area contributed by atoms with E-state index in [-0.39, 0.29) is 6.42 Å². The predicted molar refractivity (Wildman–Crippen MR) is 61.2 cm³/mol. The van der Waals surface area contributed by atoms with Crippen LogP contribution in [0.15, 0.2) is 18.2 Å². The normalized spacial score (nSPS) is 17.1. The topological polar surface area (TPSA) is 29.3 Å². The molecular weight excluding hydrogens is 229 g/mol. The third-order valence-electron chi connectivity index (χ3n) is 3.15. The van der Waals surface area contributed by atoms with Gasteiger partial charge in [0.05, 0.1) is 0 Å². The number of nitrogens with zero attached hydrogens (tertiary/aromatic N) is 1. The number of alkyl halides is 3. The fourth-order valence-electron chi connectivity index (χ4n) is 2.12. The van der Waals surface area contributed by atoms with Crippen LogP contribution in [0.3, 0.4) is 0 Å². The highest BCUT2D eigenvalue weighted by Gasteiger charge is 2.36. The monoisotopic (exact) mass is 244 g/mol. The Kier molecular flexibility index (Phi) is 3.03. The third-order valence-corrected chi connectivity index (χ3v) is 3.15. The first-order valence-corrected chi connectivity index (χ1v) is 5.53. The van der Waals surface area contributed by atoms with Crippen LogP contribution in [0, 0.1) is 0 Å². The Bertz CT molecular complexity index is 415. The van der Waals surface area contributed by atoms with Crippen LogP contribution in [0.5, 0.6) is 0 Å². The van der Waals surface area contributed by atoms with Crippen molar-refractivity contribution >= 4 is 5.69 Å². The fraction of sp³-hybridized carbons (Fsp3) is 0.500. The van der Waals surface area contributed by atoms with Crippen LogP contribution >= 0.6 is 0 Å². The zero-order chi connectivity index (χ0) is 12.6. The molecule has 0 fully saturated rings. The lowest BCUT2D eigenvalue weighted by Crippen LogP contribution is -2.39. The third kappa shape index (κ3) is 2.54. The number of benzene rings is 1. The molecule has 0 aromatic heterocycles. The molecule has 1 aromatic carbocycles. The minimum absolute atomic E-state index is 0.152. The van der Waals surface area contributed by atoms with Crippen LogP contribution in [0.4, 0.5) is 18.9 Å². The van der Waals surface area contributed by atoms with Gasteiger partial charge < -0.3 is 10.6 Å². The van der Waals surface area contributed by atoms with Gasteiger partial charge in [0.2, 0.25) is 0 Å². The molecule has 2 nitrogen and oxygen atoms in total. The van der Waals surface area contributed by atoms with Crippen LogP contribution in [0.25, 0.3) is 0 Å². The van der Waals surface area contributed by atoms with E-state index in [1.54, 1.807) is 6.07 Å². The SMILES string of the molecule is CN1CCc2cc(CC(N)C(F)(F)F)ccc21. The summed E-state index contributed by atoms with van der Waals surface area (Å²) in [5.74, 6) is 0. The molecule has 1 atom stereocenters. The lowest BCUT2D eigenvalue weighted by molar-refractivity contribution is -0.147. The van der Waals surface area contributed by atoms with E-state index in [1.165, 1.54) is 0 Å². The average molecular weight is 244 g/mol. The van der Waals surface area contributed by atoms with E-state index >= 15 is 0 Å². The number of hydrogen-bond acceptors (Lipinski definition) is 2. The van der Waals surface area contributed by atoms with Crippen molar-refractivity contribution in [3.05, 3.63) is 29.3 Å². The van der Waals surface area contributed by atoms with Crippen molar-refractivity contribution in [2.75, 3.05) is 18.5 Å². The molecule has 0 spiro atoms. The summed E-state index contributed by atoms with van der Waals surface area (Å²) in [5.41, 5.74) is 7.99. The number of anilines is 1. The minimum Gasteiger partial charge on any atom is -0.374 e. The molecule has 0 saturated heterocycles. The Labute approximate surface area is 98.2 Å². The largest absolute Gasteiger partial charge is 0.403 e. The van der Waals surface area contributed by atoms with Gasteiger partial charge in [-0.2, -0.15) is 13.2 Å². The number of rotatable bonds is 2. The standard InChI is InChI=1S/C12H15F3N2/c1-17-5-4-9-6-8(2-3-10(9)17)7-11(16)12(13,14)15/h2-3,6,11H,4-5,7,16H2,1H3. The lowest BCUT2D eigenvalue weighted by Gasteiger charge is -2.16. The maximum atomic E-state index is 12.3. The summed E-state index contributed by atoms with van der Waals surface area (Å²) in [6.45, 7) is 0.921. The quantitative estimate of drug-likeness (QED) is 0.863. The first-order valence-electron chi connectivity index (χ1n) is 5.53. The van der Waals surface area contributed by atoms with Crippen LogP contribution < -0.4 is 10.6 Å². The Balaban J connectivity index is 2.14. The number of nitrogens with two attached hydrogens (primary N) is 1. The average Bonchev–Trinajstić information content (AvgIpc) is 2.59. The van der Waals surface area contributed by atoms with Gasteiger partial charge in [0.15, 0.2) is 0 Å². The molecule has 1 unspecified atom stereocenters. The van der Waals surface area contributed by atoms with Gasteiger partial charge in [-0.15, -0.1) is 0 Å². The Hall–Kier alpha value is -1.23. The number of halogens is 3. The van der Waals surface area contributed by atoms with Crippen molar-refractivity contribution < 1.29 is 13.2 Å². The molecule has 0 aliphatic carbocycles. The maximum absolute atomic E-state index is 12.3. The summed E-state index contributed by atoms with van der Waals surface area (Å²) in [5, 5.41) is 0. The highest BCUT2D eigenvalue weighted by molar-refractivity contribution is 5.58. The van der Waals surface area contributed by atoms with Crippen LogP contribution in [0.2, 0.25) is 0 Å². The van der Waals surface area contributed by atoms with Gasteiger partial charge in [0, 0.05) is 19.3 Å². The molecule has 0 saturated carbocycles. The zero-order valence-corrected chi connectivity index (χ0v) is 9.59. The maximum Gasteiger partial charge on any atom is 0.403 e. The molecule has 17 heavy (non-hydrogen) atoms. The van der Waals surface area contributed by atoms with Crippen LogP contribution in [0.1, 0.15) is 11.1 Å². The molecule has 0 bridgehead atoms. The van der Waals surface area contributed by atoms with Crippen LogP contribution in [-0.2, 0) is 12.8 Å². The van der Waals surface area contributed by atoms with Gasteiger partial charge in [0.25, 0.3) is 0 Å². The summed E-state index contributed by atoms with van der Waals surface area (Å²) >= 11 is 0. The molecule has 0 radical (unpaired) electrons. The van der Waals surface area contributed by atoms with Crippen molar-refractivity contribution in [2.45, 2.75) is 25.1 Å². The molecule has 1 aromatic rings. The van der Waals surface area contributed by atoms with Crippen LogP contribution in [-0.4, -0.2) is 25.8 Å². The van der Waals surface area contributed by atoms with E-state index in [1.807, 2.05) is 19.2 Å². The van der Waals surface area contributed by atoms with E-state index in [4.69, 9.17) is 5.73 Å². The van der Waals surface area contributed by atoms with E-state index in [0.717, 1.165) is 24.2 Å². The van der Waals surface area contributed by atoms with Gasteiger partial charge in [-0.05, 0) is 30.0 Å². The smallest absolute Gasteiger partial charge is 0.374 e. The van der Waals surface area contributed by atoms with Gasteiger partial charge in [0.1, 0.15) is 6.04 Å². The molecule has 0 amide bonds. The van der Waals surface area contributed by atoms with Gasteiger partial charge in [-0.25, -0.2) is 0 Å². The molecule has 1 heterocycles. The fourth-order valence-corrected chi connectivity index (χ4v) is 2.12. The minimum atomic E-state index is -4.32. The van der Waals surface area contributed by atoms with Gasteiger partial charge in [-0.1, -0.05) is 12.1 Å². The molecule has 2 N–H and O–H groups in total. The second-order valence-corrected chi connectivity index (χ2v) is 4.49. The lowest BCUT2D eigenvalue weighted by atomic mass is 10.0.